The number of aliphatic hydroxyl groups excluding tert-OH is 1. The summed E-state index contributed by atoms with van der Waals surface area (Å²) in [5.74, 6) is 1.61. The van der Waals surface area contributed by atoms with Gasteiger partial charge in [-0.05, 0) is 77.9 Å². The second kappa shape index (κ2) is 8.92. The average Bonchev–Trinajstić information content (AvgIpc) is 2.74. The smallest absolute Gasteiger partial charge is 0.223 e. The molecule has 2 aromatic heterocycles. The fourth-order valence-corrected chi connectivity index (χ4v) is 4.74. The van der Waals surface area contributed by atoms with E-state index in [4.69, 9.17) is 9.97 Å². The van der Waals surface area contributed by atoms with Crippen molar-refractivity contribution in [1.29, 1.82) is 0 Å². The molecule has 2 fully saturated rings. The van der Waals surface area contributed by atoms with Gasteiger partial charge in [-0.2, -0.15) is 0 Å². The van der Waals surface area contributed by atoms with Gasteiger partial charge in [0.1, 0.15) is 0 Å². The van der Waals surface area contributed by atoms with E-state index in [-0.39, 0.29) is 6.10 Å². The van der Waals surface area contributed by atoms with Gasteiger partial charge in [-0.1, -0.05) is 6.92 Å². The number of hydrogen-bond donors (Lipinski definition) is 2. The minimum absolute atomic E-state index is 0.152. The number of aromatic nitrogens is 3. The van der Waals surface area contributed by atoms with Gasteiger partial charge in [0, 0.05) is 35.3 Å². The third-order valence-electron chi connectivity index (χ3n) is 6.91. The van der Waals surface area contributed by atoms with E-state index >= 15 is 0 Å². The quantitative estimate of drug-likeness (QED) is 0.792. The Labute approximate surface area is 174 Å². The lowest BCUT2D eigenvalue weighted by Gasteiger charge is -2.30. The number of hydrogen-bond acceptors (Lipinski definition) is 6. The largest absolute Gasteiger partial charge is 0.393 e. The molecule has 2 N–H and O–H groups in total. The highest BCUT2D eigenvalue weighted by Crippen LogP contribution is 2.38. The summed E-state index contributed by atoms with van der Waals surface area (Å²) in [5.41, 5.74) is 3.47. The summed E-state index contributed by atoms with van der Waals surface area (Å²) in [6.07, 6.45) is 11.0. The van der Waals surface area contributed by atoms with E-state index in [0.29, 0.717) is 23.8 Å². The molecule has 3 heterocycles. The first kappa shape index (κ1) is 20.5. The zero-order chi connectivity index (χ0) is 20.4. The predicted molar refractivity (Wildman–Crippen MR) is 117 cm³/mol. The zero-order valence-corrected chi connectivity index (χ0v) is 18.1. The molecule has 0 spiro atoms. The third kappa shape index (κ3) is 4.53. The molecule has 29 heavy (non-hydrogen) atoms. The molecule has 0 aromatic carbocycles. The summed E-state index contributed by atoms with van der Waals surface area (Å²) in [6.45, 7) is 6.56. The van der Waals surface area contributed by atoms with E-state index in [1.165, 1.54) is 11.3 Å². The molecule has 0 bridgehead atoms. The molecule has 6 heteroatoms. The van der Waals surface area contributed by atoms with Gasteiger partial charge in [-0.15, -0.1) is 0 Å². The number of fused-ring (bicyclic) bond motifs is 1. The first-order chi connectivity index (χ1) is 14.0. The van der Waals surface area contributed by atoms with Crippen LogP contribution in [0.3, 0.4) is 0 Å². The van der Waals surface area contributed by atoms with Crippen LogP contribution in [0.25, 0.3) is 10.9 Å². The summed E-state index contributed by atoms with van der Waals surface area (Å²) < 4.78 is 0. The molecule has 1 aliphatic carbocycles. The van der Waals surface area contributed by atoms with Crippen molar-refractivity contribution in [3.63, 3.8) is 0 Å². The molecule has 0 unspecified atom stereocenters. The highest BCUT2D eigenvalue weighted by Gasteiger charge is 2.27. The third-order valence-corrected chi connectivity index (χ3v) is 6.91. The molecule has 1 atom stereocenters. The van der Waals surface area contributed by atoms with Crippen LogP contribution in [-0.4, -0.2) is 57.2 Å². The SMILES string of the molecule is CC[C@H](C)Nc1ncc2c(C3CCN(C)CC3)ncc(C3CCC(O)CC3)c2n1. The number of nitrogens with one attached hydrogen (secondary N) is 1. The predicted octanol–water partition coefficient (Wildman–Crippen LogP) is 4.06. The van der Waals surface area contributed by atoms with Crippen molar-refractivity contribution in [3.05, 3.63) is 23.7 Å². The Morgan fingerprint density at radius 2 is 1.79 bits per heavy atom. The molecule has 2 aliphatic rings. The minimum Gasteiger partial charge on any atom is -0.393 e. The molecule has 158 valence electrons. The number of pyridine rings is 1. The van der Waals surface area contributed by atoms with Crippen molar-refractivity contribution in [2.75, 3.05) is 25.5 Å². The number of piperidine rings is 1. The molecular weight excluding hydrogens is 362 g/mol. The van der Waals surface area contributed by atoms with Gasteiger partial charge in [0.25, 0.3) is 0 Å². The summed E-state index contributed by atoms with van der Waals surface area (Å²) in [7, 11) is 2.19. The van der Waals surface area contributed by atoms with Crippen molar-refractivity contribution < 1.29 is 5.11 Å². The number of likely N-dealkylation sites (tertiary alicyclic amines) is 1. The van der Waals surface area contributed by atoms with E-state index in [1.807, 2.05) is 6.20 Å². The van der Waals surface area contributed by atoms with Crippen molar-refractivity contribution in [2.45, 2.75) is 82.8 Å². The van der Waals surface area contributed by atoms with Crippen LogP contribution in [0.15, 0.2) is 12.4 Å². The Hall–Kier alpha value is -1.79. The Bertz CT molecular complexity index is 825. The van der Waals surface area contributed by atoms with Crippen molar-refractivity contribution in [1.82, 2.24) is 19.9 Å². The zero-order valence-electron chi connectivity index (χ0n) is 18.1. The topological polar surface area (TPSA) is 74.2 Å². The van der Waals surface area contributed by atoms with Crippen LogP contribution in [0.1, 0.15) is 81.9 Å². The lowest BCUT2D eigenvalue weighted by atomic mass is 9.82. The Morgan fingerprint density at radius 1 is 1.07 bits per heavy atom. The number of anilines is 1. The second-order valence-corrected chi connectivity index (χ2v) is 9.09. The second-order valence-electron chi connectivity index (χ2n) is 9.09. The Kier molecular flexibility index (Phi) is 6.30. The fourth-order valence-electron chi connectivity index (χ4n) is 4.74. The number of rotatable bonds is 5. The minimum atomic E-state index is -0.152. The summed E-state index contributed by atoms with van der Waals surface area (Å²) in [5, 5.41) is 14.5. The van der Waals surface area contributed by atoms with E-state index in [0.717, 1.165) is 68.9 Å². The lowest BCUT2D eigenvalue weighted by Crippen LogP contribution is -2.29. The number of nitrogens with zero attached hydrogens (tertiary/aromatic N) is 4. The summed E-state index contributed by atoms with van der Waals surface area (Å²) >= 11 is 0. The molecule has 6 nitrogen and oxygen atoms in total. The molecule has 1 aliphatic heterocycles. The average molecular weight is 398 g/mol. The lowest BCUT2D eigenvalue weighted by molar-refractivity contribution is 0.122. The highest BCUT2D eigenvalue weighted by molar-refractivity contribution is 5.85. The van der Waals surface area contributed by atoms with E-state index < -0.39 is 0 Å². The van der Waals surface area contributed by atoms with Gasteiger partial charge in [-0.25, -0.2) is 9.97 Å². The van der Waals surface area contributed by atoms with Gasteiger partial charge < -0.3 is 15.3 Å². The van der Waals surface area contributed by atoms with E-state index in [2.05, 4.69) is 42.3 Å². The van der Waals surface area contributed by atoms with Crippen LogP contribution in [0, 0.1) is 0 Å². The van der Waals surface area contributed by atoms with Gasteiger partial charge in [0.05, 0.1) is 17.3 Å². The standard InChI is InChI=1S/C23H35N5O/c1-4-15(2)26-23-25-14-20-21(17-9-11-28(3)12-10-17)24-13-19(22(20)27-23)16-5-7-18(29)8-6-16/h13-18,29H,4-12H2,1-3H3,(H,25,26,27)/t15-,16?,18?/m0/s1. The molecule has 2 aromatic rings. The van der Waals surface area contributed by atoms with Crippen LogP contribution >= 0.6 is 0 Å². The van der Waals surface area contributed by atoms with Gasteiger partial charge in [0.15, 0.2) is 0 Å². The van der Waals surface area contributed by atoms with Crippen LogP contribution in [0.4, 0.5) is 5.95 Å². The number of aliphatic hydroxyl groups is 1. The Morgan fingerprint density at radius 3 is 2.48 bits per heavy atom. The van der Waals surface area contributed by atoms with Crippen molar-refractivity contribution in [3.8, 4) is 0 Å². The molecule has 0 radical (unpaired) electrons. The summed E-state index contributed by atoms with van der Waals surface area (Å²) in [6, 6.07) is 0.343. The van der Waals surface area contributed by atoms with E-state index in [9.17, 15) is 5.11 Å². The van der Waals surface area contributed by atoms with Crippen LogP contribution < -0.4 is 5.32 Å². The fraction of sp³-hybridized carbons (Fsp3) is 0.696. The summed E-state index contributed by atoms with van der Waals surface area (Å²) in [4.78, 5) is 17.0. The normalized spacial score (nSPS) is 25.2. The van der Waals surface area contributed by atoms with Crippen molar-refractivity contribution >= 4 is 16.9 Å². The molecule has 1 saturated heterocycles. The molecule has 0 amide bonds. The Balaban J connectivity index is 1.73. The van der Waals surface area contributed by atoms with E-state index in [1.54, 1.807) is 0 Å². The maximum absolute atomic E-state index is 9.94. The maximum atomic E-state index is 9.94. The molecule has 4 rings (SSSR count). The van der Waals surface area contributed by atoms with Gasteiger partial charge >= 0.3 is 0 Å². The maximum Gasteiger partial charge on any atom is 0.223 e. The first-order valence-electron chi connectivity index (χ1n) is 11.3. The first-order valence-corrected chi connectivity index (χ1v) is 11.3. The van der Waals surface area contributed by atoms with Crippen LogP contribution in [-0.2, 0) is 0 Å². The van der Waals surface area contributed by atoms with Crippen LogP contribution in [0.5, 0.6) is 0 Å². The van der Waals surface area contributed by atoms with Gasteiger partial charge in [-0.3, -0.25) is 4.98 Å². The molecular formula is C23H35N5O. The van der Waals surface area contributed by atoms with Gasteiger partial charge in [0.2, 0.25) is 5.95 Å². The monoisotopic (exact) mass is 397 g/mol. The van der Waals surface area contributed by atoms with Crippen LogP contribution in [0.2, 0.25) is 0 Å². The molecule has 1 saturated carbocycles. The van der Waals surface area contributed by atoms with Crippen molar-refractivity contribution in [2.24, 2.45) is 0 Å². The highest BCUT2D eigenvalue weighted by atomic mass is 16.3.